The van der Waals surface area contributed by atoms with E-state index in [9.17, 15) is 13.5 Å². The van der Waals surface area contributed by atoms with Gasteiger partial charge in [0.1, 0.15) is 10.6 Å². The Morgan fingerprint density at radius 2 is 1.64 bits per heavy atom. The fourth-order valence-corrected chi connectivity index (χ4v) is 3.23. The summed E-state index contributed by atoms with van der Waals surface area (Å²) in [6, 6.07) is 5.72. The third kappa shape index (κ3) is 2.32. The summed E-state index contributed by atoms with van der Waals surface area (Å²) in [4.78, 5) is -0.148. The topological polar surface area (TPSA) is 54.4 Å². The number of hydrogen-bond donors (Lipinski definition) is 1. The van der Waals surface area contributed by atoms with Gasteiger partial charge in [-0.15, -0.1) is 0 Å². The zero-order valence-corrected chi connectivity index (χ0v) is 12.2. The summed E-state index contributed by atoms with van der Waals surface area (Å²) >= 11 is 8.72. The van der Waals surface area contributed by atoms with Gasteiger partial charge in [-0.25, -0.2) is 8.42 Å². The fourth-order valence-electron chi connectivity index (χ4n) is 0.809. The molecule has 0 unspecified atom stereocenters. The van der Waals surface area contributed by atoms with Crippen LogP contribution >= 0.6 is 47.8 Å². The highest BCUT2D eigenvalue weighted by Crippen LogP contribution is 2.44. The average molecular weight is 409 g/mol. The van der Waals surface area contributed by atoms with Gasteiger partial charge in [0.05, 0.1) is 0 Å². The quantitative estimate of drug-likeness (QED) is 0.727. The zero-order valence-electron chi connectivity index (χ0n) is 6.62. The first kappa shape index (κ1) is 12.5. The smallest absolute Gasteiger partial charge is 0.239 e. The number of benzene rings is 1. The molecule has 0 spiro atoms. The Hall–Kier alpha value is 0.410. The Bertz CT molecular complexity index is 436. The van der Waals surface area contributed by atoms with Crippen molar-refractivity contribution in [3.63, 3.8) is 0 Å². The molecule has 0 atom stereocenters. The Kier molecular flexibility index (Phi) is 3.67. The number of rotatable bonds is 1. The van der Waals surface area contributed by atoms with Crippen LogP contribution in [0, 0.1) is 0 Å². The van der Waals surface area contributed by atoms with E-state index in [1.54, 1.807) is 6.07 Å². The molecular formula is C7H5Br3O3S. The number of sulfone groups is 1. The first-order valence-electron chi connectivity index (χ1n) is 3.36. The van der Waals surface area contributed by atoms with Gasteiger partial charge in [-0.3, -0.25) is 0 Å². The van der Waals surface area contributed by atoms with E-state index in [0.29, 0.717) is 0 Å². The molecule has 0 aromatic heterocycles. The van der Waals surface area contributed by atoms with Crippen LogP contribution in [0.25, 0.3) is 0 Å². The van der Waals surface area contributed by atoms with E-state index in [2.05, 4.69) is 47.8 Å². The van der Waals surface area contributed by atoms with Crippen molar-refractivity contribution in [3.05, 3.63) is 24.3 Å². The van der Waals surface area contributed by atoms with E-state index in [1.165, 1.54) is 18.2 Å². The average Bonchev–Trinajstić information content (AvgIpc) is 2.02. The normalized spacial score (nSPS) is 12.8. The lowest BCUT2D eigenvalue weighted by Crippen LogP contribution is -2.17. The Morgan fingerprint density at radius 3 is 2.07 bits per heavy atom. The van der Waals surface area contributed by atoms with Gasteiger partial charge in [0.2, 0.25) is 11.3 Å². The van der Waals surface area contributed by atoms with Crippen LogP contribution in [-0.2, 0) is 9.84 Å². The van der Waals surface area contributed by atoms with Crippen molar-refractivity contribution >= 4 is 57.6 Å². The Labute approximate surface area is 107 Å². The van der Waals surface area contributed by atoms with Crippen molar-refractivity contribution in [1.82, 2.24) is 0 Å². The van der Waals surface area contributed by atoms with Crippen LogP contribution in [0.4, 0.5) is 0 Å². The number of phenolic OH excluding ortho intramolecular Hbond substituents is 1. The molecule has 0 bridgehead atoms. The van der Waals surface area contributed by atoms with Crippen LogP contribution in [0.5, 0.6) is 5.75 Å². The van der Waals surface area contributed by atoms with Crippen molar-refractivity contribution in [3.8, 4) is 5.75 Å². The van der Waals surface area contributed by atoms with Crippen molar-refractivity contribution < 1.29 is 13.5 Å². The molecule has 0 heterocycles. The Morgan fingerprint density at radius 1 is 1.14 bits per heavy atom. The Balaban J connectivity index is 3.40. The molecule has 1 aromatic rings. The minimum absolute atomic E-state index is 0.148. The molecule has 0 saturated carbocycles. The summed E-state index contributed by atoms with van der Waals surface area (Å²) in [5.41, 5.74) is 0. The number of aromatic hydroxyl groups is 1. The molecule has 1 N–H and O–H groups in total. The van der Waals surface area contributed by atoms with E-state index in [1.807, 2.05) is 0 Å². The highest BCUT2D eigenvalue weighted by Gasteiger charge is 2.38. The third-order valence-corrected chi connectivity index (χ3v) is 6.83. The lowest BCUT2D eigenvalue weighted by atomic mass is 10.3. The molecule has 3 nitrogen and oxygen atoms in total. The molecule has 0 aliphatic heterocycles. The van der Waals surface area contributed by atoms with Crippen LogP contribution in [0.3, 0.4) is 0 Å². The first-order valence-corrected chi connectivity index (χ1v) is 7.22. The van der Waals surface area contributed by atoms with E-state index in [0.717, 1.165) is 0 Å². The second-order valence-electron chi connectivity index (χ2n) is 2.42. The van der Waals surface area contributed by atoms with E-state index >= 15 is 0 Å². The summed E-state index contributed by atoms with van der Waals surface area (Å²) in [5.74, 6) is -0.282. The van der Waals surface area contributed by atoms with Crippen LogP contribution in [0.2, 0.25) is 0 Å². The molecule has 0 aliphatic rings. The van der Waals surface area contributed by atoms with Crippen molar-refractivity contribution in [2.24, 2.45) is 0 Å². The van der Waals surface area contributed by atoms with Gasteiger partial charge in [-0.2, -0.15) is 0 Å². The van der Waals surface area contributed by atoms with Crippen molar-refractivity contribution in [1.29, 1.82) is 0 Å². The predicted octanol–water partition coefficient (Wildman–Crippen LogP) is 2.96. The van der Waals surface area contributed by atoms with Gasteiger partial charge in [0.25, 0.3) is 0 Å². The molecular weight excluding hydrogens is 404 g/mol. The molecule has 1 rings (SSSR count). The van der Waals surface area contributed by atoms with E-state index in [-0.39, 0.29) is 10.6 Å². The zero-order chi connectivity index (χ0) is 11.0. The second kappa shape index (κ2) is 4.11. The monoisotopic (exact) mass is 406 g/mol. The minimum atomic E-state index is -3.71. The lowest BCUT2D eigenvalue weighted by molar-refractivity contribution is 0.459. The van der Waals surface area contributed by atoms with E-state index < -0.39 is 11.3 Å². The number of alkyl halides is 3. The predicted molar refractivity (Wildman–Crippen MR) is 64.8 cm³/mol. The van der Waals surface area contributed by atoms with Crippen molar-refractivity contribution in [2.75, 3.05) is 0 Å². The van der Waals surface area contributed by atoms with Crippen LogP contribution < -0.4 is 0 Å². The summed E-state index contributed by atoms with van der Waals surface area (Å²) in [6.45, 7) is 0. The molecule has 14 heavy (non-hydrogen) atoms. The summed E-state index contributed by atoms with van der Waals surface area (Å²) in [7, 11) is -3.71. The molecule has 78 valence electrons. The minimum Gasteiger partial charge on any atom is -0.507 e. The lowest BCUT2D eigenvalue weighted by Gasteiger charge is -2.14. The van der Waals surface area contributed by atoms with Gasteiger partial charge in [0.15, 0.2) is 0 Å². The van der Waals surface area contributed by atoms with E-state index in [4.69, 9.17) is 0 Å². The van der Waals surface area contributed by atoms with Gasteiger partial charge in [-0.05, 0) is 59.9 Å². The van der Waals surface area contributed by atoms with Gasteiger partial charge < -0.3 is 5.11 Å². The second-order valence-corrected chi connectivity index (χ2v) is 12.8. The molecule has 0 amide bonds. The van der Waals surface area contributed by atoms with Crippen molar-refractivity contribution in [2.45, 2.75) is 6.37 Å². The fraction of sp³-hybridized carbons (Fsp3) is 0.143. The maximum absolute atomic E-state index is 11.8. The molecule has 7 heteroatoms. The standard InChI is InChI=1S/C7H5Br3O3S/c8-7(9,10)14(12,13)6-4-2-1-3-5(6)11/h1-4,11H. The molecule has 0 saturated heterocycles. The number of hydrogen-bond acceptors (Lipinski definition) is 3. The maximum atomic E-state index is 11.8. The molecule has 0 radical (unpaired) electrons. The van der Waals surface area contributed by atoms with Crippen LogP contribution in [-0.4, -0.2) is 15.0 Å². The number of para-hydroxylation sites is 1. The largest absolute Gasteiger partial charge is 0.507 e. The maximum Gasteiger partial charge on any atom is 0.239 e. The highest BCUT2D eigenvalue weighted by molar-refractivity contribution is 9.42. The third-order valence-electron chi connectivity index (χ3n) is 1.46. The SMILES string of the molecule is O=S(=O)(c1ccccc1O)C(Br)(Br)Br. The number of halogens is 3. The summed E-state index contributed by atoms with van der Waals surface area (Å²) in [6.07, 6.45) is 0. The van der Waals surface area contributed by atoms with Gasteiger partial charge in [0, 0.05) is 0 Å². The molecule has 0 fully saturated rings. The highest BCUT2D eigenvalue weighted by atomic mass is 80.0. The van der Waals surface area contributed by atoms with Crippen LogP contribution in [0.1, 0.15) is 0 Å². The molecule has 0 aliphatic carbocycles. The van der Waals surface area contributed by atoms with Crippen LogP contribution in [0.15, 0.2) is 29.2 Å². The first-order chi connectivity index (χ1) is 6.27. The summed E-state index contributed by atoms with van der Waals surface area (Å²) in [5, 5.41) is 9.37. The van der Waals surface area contributed by atoms with Gasteiger partial charge >= 0.3 is 0 Å². The van der Waals surface area contributed by atoms with Gasteiger partial charge in [-0.1, -0.05) is 12.1 Å². The summed E-state index contributed by atoms with van der Waals surface area (Å²) < 4.78 is 22.1. The molecule has 1 aromatic carbocycles. The number of phenols is 1.